The average molecular weight is 340 g/mol. The van der Waals surface area contributed by atoms with Gasteiger partial charge in [-0.2, -0.15) is 8.42 Å². The number of aromatic hydroxyl groups is 2. The second-order valence-electron chi connectivity index (χ2n) is 5.25. The summed E-state index contributed by atoms with van der Waals surface area (Å²) in [6.45, 7) is 4.21. The van der Waals surface area contributed by atoms with Crippen LogP contribution in [0.25, 0.3) is 10.8 Å². The lowest BCUT2D eigenvalue weighted by atomic mass is 9.99. The van der Waals surface area contributed by atoms with Gasteiger partial charge in [-0.1, -0.05) is 13.3 Å². The lowest BCUT2D eigenvalue weighted by Crippen LogP contribution is -2.00. The number of unbranched alkanes of at least 4 members (excludes halogenated alkanes) is 1. The minimum atomic E-state index is -4.46. The summed E-state index contributed by atoms with van der Waals surface area (Å²) in [4.78, 5) is -0.439. The summed E-state index contributed by atoms with van der Waals surface area (Å²) in [5, 5.41) is 21.0. The Hall–Kier alpha value is -1.99. The van der Waals surface area contributed by atoms with Gasteiger partial charge in [-0.25, -0.2) is 0 Å². The molecule has 6 nitrogen and oxygen atoms in total. The van der Waals surface area contributed by atoms with Gasteiger partial charge in [0.15, 0.2) is 0 Å². The maximum atomic E-state index is 11.3. The molecule has 0 atom stereocenters. The number of rotatable bonds is 6. The van der Waals surface area contributed by atoms with E-state index in [4.69, 9.17) is 9.29 Å². The summed E-state index contributed by atoms with van der Waals surface area (Å²) in [7, 11) is -4.46. The van der Waals surface area contributed by atoms with Crippen molar-refractivity contribution in [3.63, 3.8) is 0 Å². The highest BCUT2D eigenvalue weighted by atomic mass is 32.2. The third-order valence-electron chi connectivity index (χ3n) is 3.61. The topological polar surface area (TPSA) is 104 Å². The lowest BCUT2D eigenvalue weighted by Gasteiger charge is -2.15. The fourth-order valence-corrected chi connectivity index (χ4v) is 3.05. The molecule has 0 aliphatic rings. The Kier molecular flexibility index (Phi) is 5.01. The number of fused-ring (bicyclic) bond motifs is 1. The molecule has 2 aromatic carbocycles. The van der Waals surface area contributed by atoms with Gasteiger partial charge in [-0.3, -0.25) is 4.55 Å². The molecule has 0 aliphatic heterocycles. The van der Waals surface area contributed by atoms with Crippen molar-refractivity contribution in [2.45, 2.75) is 38.0 Å². The smallest absolute Gasteiger partial charge is 0.294 e. The zero-order chi connectivity index (χ0) is 17.2. The molecule has 0 spiro atoms. The van der Waals surface area contributed by atoms with Crippen LogP contribution in [-0.2, 0) is 16.5 Å². The minimum Gasteiger partial charge on any atom is -0.507 e. The first-order valence-electron chi connectivity index (χ1n) is 7.41. The highest BCUT2D eigenvalue weighted by Gasteiger charge is 2.20. The molecule has 0 aliphatic carbocycles. The van der Waals surface area contributed by atoms with Crippen LogP contribution in [0.15, 0.2) is 23.1 Å². The van der Waals surface area contributed by atoms with Crippen LogP contribution in [0.3, 0.4) is 0 Å². The largest absolute Gasteiger partial charge is 0.507 e. The third kappa shape index (κ3) is 3.51. The molecule has 23 heavy (non-hydrogen) atoms. The molecule has 0 saturated carbocycles. The molecule has 0 saturated heterocycles. The fraction of sp³-hybridized carbons (Fsp3) is 0.375. The Labute approximate surface area is 135 Å². The highest BCUT2D eigenvalue weighted by molar-refractivity contribution is 7.85. The van der Waals surface area contributed by atoms with Crippen LogP contribution < -0.4 is 4.74 Å². The van der Waals surface area contributed by atoms with Crippen LogP contribution >= 0.6 is 0 Å². The maximum Gasteiger partial charge on any atom is 0.294 e. The van der Waals surface area contributed by atoms with Crippen molar-refractivity contribution in [2.24, 2.45) is 0 Å². The second kappa shape index (κ2) is 6.64. The molecule has 0 unspecified atom stereocenters. The predicted octanol–water partition coefficient (Wildman–Crippen LogP) is 3.24. The Morgan fingerprint density at radius 2 is 1.83 bits per heavy atom. The summed E-state index contributed by atoms with van der Waals surface area (Å²) in [5.41, 5.74) is 0.580. The highest BCUT2D eigenvalue weighted by Crippen LogP contribution is 2.42. The van der Waals surface area contributed by atoms with Crippen molar-refractivity contribution in [3.05, 3.63) is 23.8 Å². The van der Waals surface area contributed by atoms with Gasteiger partial charge >= 0.3 is 0 Å². The molecule has 126 valence electrons. The van der Waals surface area contributed by atoms with Gasteiger partial charge in [0.1, 0.15) is 17.2 Å². The van der Waals surface area contributed by atoms with Crippen molar-refractivity contribution in [1.82, 2.24) is 0 Å². The van der Waals surface area contributed by atoms with E-state index in [0.29, 0.717) is 24.3 Å². The normalized spacial score (nSPS) is 11.8. The van der Waals surface area contributed by atoms with Crippen molar-refractivity contribution in [3.8, 4) is 17.2 Å². The average Bonchev–Trinajstić information content (AvgIpc) is 2.45. The number of ether oxygens (including phenoxy) is 1. The monoisotopic (exact) mass is 340 g/mol. The van der Waals surface area contributed by atoms with Gasteiger partial charge in [0.05, 0.1) is 16.9 Å². The molecule has 0 aromatic heterocycles. The molecular weight excluding hydrogens is 320 g/mol. The number of phenolic OH excluding ortho intramolecular Hbond substituents is 2. The molecule has 7 heteroatoms. The Morgan fingerprint density at radius 1 is 1.13 bits per heavy atom. The maximum absolute atomic E-state index is 11.3. The molecular formula is C16H20O6S. The molecule has 0 heterocycles. The van der Waals surface area contributed by atoms with E-state index in [1.807, 2.05) is 6.92 Å². The van der Waals surface area contributed by atoms with Gasteiger partial charge in [0, 0.05) is 11.6 Å². The van der Waals surface area contributed by atoms with Crippen LogP contribution in [0, 0.1) is 0 Å². The Balaban J connectivity index is 2.77. The summed E-state index contributed by atoms with van der Waals surface area (Å²) in [6, 6.07) is 3.68. The van der Waals surface area contributed by atoms with Crippen molar-refractivity contribution in [2.75, 3.05) is 6.61 Å². The van der Waals surface area contributed by atoms with Gasteiger partial charge < -0.3 is 14.9 Å². The van der Waals surface area contributed by atoms with Crippen LogP contribution in [0.5, 0.6) is 17.2 Å². The molecule has 2 rings (SSSR count). The SMILES string of the molecule is CCCCc1c(OCC)cc2cc(S(=O)(=O)O)cc(O)c2c1O. The summed E-state index contributed by atoms with van der Waals surface area (Å²) < 4.78 is 37.3. The predicted molar refractivity (Wildman–Crippen MR) is 86.9 cm³/mol. The molecule has 0 radical (unpaired) electrons. The van der Waals surface area contributed by atoms with E-state index in [-0.39, 0.29) is 16.5 Å². The molecule has 0 amide bonds. The number of hydrogen-bond donors (Lipinski definition) is 3. The van der Waals surface area contributed by atoms with Crippen LogP contribution in [-0.4, -0.2) is 29.8 Å². The number of hydrogen-bond acceptors (Lipinski definition) is 5. The van der Waals surface area contributed by atoms with Crippen LogP contribution in [0.2, 0.25) is 0 Å². The van der Waals surface area contributed by atoms with Crippen molar-refractivity contribution >= 4 is 20.9 Å². The van der Waals surface area contributed by atoms with Gasteiger partial charge in [-0.05, 0) is 37.3 Å². The molecule has 0 bridgehead atoms. The van der Waals surface area contributed by atoms with E-state index in [1.54, 1.807) is 13.0 Å². The summed E-state index contributed by atoms with van der Waals surface area (Å²) in [6.07, 6.45) is 2.34. The number of benzene rings is 2. The Bertz CT molecular complexity index is 826. The van der Waals surface area contributed by atoms with E-state index < -0.39 is 20.8 Å². The summed E-state index contributed by atoms with van der Waals surface area (Å²) >= 11 is 0. The molecule has 3 N–H and O–H groups in total. The molecule has 0 fully saturated rings. The van der Waals surface area contributed by atoms with E-state index in [2.05, 4.69) is 0 Å². The van der Waals surface area contributed by atoms with Gasteiger partial charge in [0.25, 0.3) is 10.1 Å². The zero-order valence-corrected chi connectivity index (χ0v) is 13.9. The van der Waals surface area contributed by atoms with Gasteiger partial charge in [0.2, 0.25) is 0 Å². The number of phenols is 2. The van der Waals surface area contributed by atoms with E-state index in [0.717, 1.165) is 18.9 Å². The van der Waals surface area contributed by atoms with E-state index >= 15 is 0 Å². The first-order valence-corrected chi connectivity index (χ1v) is 8.85. The standard InChI is InChI=1S/C16H20O6S/c1-3-5-6-12-14(22-4-2)8-10-7-11(23(19,20)21)9-13(17)15(10)16(12)18/h7-9,17-18H,3-6H2,1-2H3,(H,19,20,21). The quantitative estimate of drug-likeness (QED) is 0.697. The first kappa shape index (κ1) is 17.4. The first-order chi connectivity index (χ1) is 10.8. The van der Waals surface area contributed by atoms with Crippen molar-refractivity contribution in [1.29, 1.82) is 0 Å². The van der Waals surface area contributed by atoms with Crippen LogP contribution in [0.1, 0.15) is 32.3 Å². The third-order valence-corrected chi connectivity index (χ3v) is 4.44. The zero-order valence-electron chi connectivity index (χ0n) is 13.0. The minimum absolute atomic E-state index is 0.126. The summed E-state index contributed by atoms with van der Waals surface area (Å²) in [5.74, 6) is -0.0925. The van der Waals surface area contributed by atoms with E-state index in [9.17, 15) is 18.6 Å². The van der Waals surface area contributed by atoms with Crippen LogP contribution in [0.4, 0.5) is 0 Å². The second-order valence-corrected chi connectivity index (χ2v) is 6.68. The van der Waals surface area contributed by atoms with E-state index in [1.165, 1.54) is 6.07 Å². The Morgan fingerprint density at radius 3 is 2.39 bits per heavy atom. The van der Waals surface area contributed by atoms with Crippen molar-refractivity contribution < 1.29 is 27.9 Å². The fourth-order valence-electron chi connectivity index (χ4n) is 2.52. The molecule has 2 aromatic rings. The van der Waals surface area contributed by atoms with Gasteiger partial charge in [-0.15, -0.1) is 0 Å². The lowest BCUT2D eigenvalue weighted by molar-refractivity contribution is 0.333.